The van der Waals surface area contributed by atoms with E-state index in [0.717, 1.165) is 24.8 Å². The molecule has 1 aliphatic heterocycles. The number of hydrogen-bond donors (Lipinski definition) is 1. The normalized spacial score (nSPS) is 22.9. The van der Waals surface area contributed by atoms with E-state index in [9.17, 15) is 18.0 Å². The van der Waals surface area contributed by atoms with Crippen LogP contribution in [-0.2, 0) is 11.0 Å². The number of nitrogens with two attached hydrogens (primary N) is 1. The number of alkyl halides is 3. The lowest BCUT2D eigenvalue weighted by atomic mass is 9.84. The van der Waals surface area contributed by atoms with E-state index in [1.165, 1.54) is 31.4 Å². The number of amides is 1. The van der Waals surface area contributed by atoms with Gasteiger partial charge >= 0.3 is 6.18 Å². The molecule has 2 aliphatic rings. The molecule has 2 unspecified atom stereocenters. The third kappa shape index (κ3) is 5.96. The van der Waals surface area contributed by atoms with Crippen LogP contribution < -0.4 is 5.73 Å². The summed E-state index contributed by atoms with van der Waals surface area (Å²) in [5.74, 6) is 0.770. The van der Waals surface area contributed by atoms with Crippen molar-refractivity contribution in [1.29, 1.82) is 5.26 Å². The van der Waals surface area contributed by atoms with Gasteiger partial charge in [0, 0.05) is 6.54 Å². The molecule has 1 heterocycles. The lowest BCUT2D eigenvalue weighted by Crippen LogP contribution is -2.38. The number of rotatable bonds is 2. The van der Waals surface area contributed by atoms with Crippen LogP contribution in [0.5, 0.6) is 0 Å². The molecular weight excluding hydrogens is 367 g/mol. The molecule has 154 valence electrons. The first-order chi connectivity index (χ1) is 13.3. The topological polar surface area (TPSA) is 70.1 Å². The average molecular weight is 395 g/mol. The smallest absolute Gasteiger partial charge is 0.325 e. The van der Waals surface area contributed by atoms with Gasteiger partial charge in [-0.05, 0) is 48.8 Å². The molecule has 0 bridgehead atoms. The summed E-state index contributed by atoms with van der Waals surface area (Å²) in [4.78, 5) is 12.8. The number of benzene rings is 1. The molecule has 4 nitrogen and oxygen atoms in total. The maximum absolute atomic E-state index is 12.4. The second-order valence-corrected chi connectivity index (χ2v) is 7.69. The fraction of sp³-hybridized carbons (Fsp3) is 0.619. The molecule has 7 heteroatoms. The Morgan fingerprint density at radius 2 is 1.82 bits per heavy atom. The standard InChI is InChI=1S/C13H15F3.C8H13N3O/c14-13(15,16)12-8-6-11(7-9-12)10-4-2-1-3-5-10;1-6-2-7(3-9)11(5-6)8(12)4-10/h6-10H,1-5H2;6-7H,2,4-5,10H2,1H3. The van der Waals surface area contributed by atoms with Crippen LogP contribution in [0.15, 0.2) is 24.3 Å². The number of hydrogen-bond acceptors (Lipinski definition) is 3. The third-order valence-corrected chi connectivity index (χ3v) is 5.47. The summed E-state index contributed by atoms with van der Waals surface area (Å²) in [5.41, 5.74) is 5.73. The summed E-state index contributed by atoms with van der Waals surface area (Å²) in [6.07, 6.45) is 2.46. The Labute approximate surface area is 164 Å². The Morgan fingerprint density at radius 1 is 1.21 bits per heavy atom. The SMILES string of the molecule is CC1CC(C#N)N(C(=O)CN)C1.FC(F)(F)c1ccc(C2CCCCC2)cc1. The first kappa shape index (κ1) is 22.2. The molecule has 2 N–H and O–H groups in total. The zero-order chi connectivity index (χ0) is 20.7. The van der Waals surface area contributed by atoms with Crippen molar-refractivity contribution in [2.45, 2.75) is 63.6 Å². The van der Waals surface area contributed by atoms with Crippen LogP contribution in [0.4, 0.5) is 13.2 Å². The zero-order valence-corrected chi connectivity index (χ0v) is 16.2. The Kier molecular flexibility index (Phi) is 7.88. The first-order valence-electron chi connectivity index (χ1n) is 9.82. The van der Waals surface area contributed by atoms with E-state index in [2.05, 4.69) is 6.07 Å². The van der Waals surface area contributed by atoms with E-state index in [0.29, 0.717) is 18.4 Å². The van der Waals surface area contributed by atoms with E-state index in [1.54, 1.807) is 17.0 Å². The summed E-state index contributed by atoms with van der Waals surface area (Å²) in [6.45, 7) is 2.72. The van der Waals surface area contributed by atoms with Gasteiger partial charge in [0.2, 0.25) is 5.91 Å². The monoisotopic (exact) mass is 395 g/mol. The largest absolute Gasteiger partial charge is 0.416 e. The van der Waals surface area contributed by atoms with Crippen LogP contribution in [0.25, 0.3) is 0 Å². The van der Waals surface area contributed by atoms with Crippen molar-refractivity contribution in [1.82, 2.24) is 4.90 Å². The fourth-order valence-corrected chi connectivity index (χ4v) is 3.94. The fourth-order valence-electron chi connectivity index (χ4n) is 3.94. The van der Waals surface area contributed by atoms with Crippen molar-refractivity contribution in [3.63, 3.8) is 0 Å². The summed E-state index contributed by atoms with van der Waals surface area (Å²) >= 11 is 0. The van der Waals surface area contributed by atoms with E-state index in [1.807, 2.05) is 6.92 Å². The van der Waals surface area contributed by atoms with Crippen molar-refractivity contribution in [2.75, 3.05) is 13.1 Å². The highest BCUT2D eigenvalue weighted by Crippen LogP contribution is 2.35. The molecule has 3 rings (SSSR count). The third-order valence-electron chi connectivity index (χ3n) is 5.47. The van der Waals surface area contributed by atoms with Gasteiger partial charge in [0.25, 0.3) is 0 Å². The van der Waals surface area contributed by atoms with Crippen molar-refractivity contribution < 1.29 is 18.0 Å². The van der Waals surface area contributed by atoms with Crippen molar-refractivity contribution in [2.24, 2.45) is 11.7 Å². The average Bonchev–Trinajstić information content (AvgIpc) is 3.09. The summed E-state index contributed by atoms with van der Waals surface area (Å²) in [6, 6.07) is 7.53. The van der Waals surface area contributed by atoms with Gasteiger partial charge in [-0.15, -0.1) is 0 Å². The van der Waals surface area contributed by atoms with E-state index < -0.39 is 11.7 Å². The lowest BCUT2D eigenvalue weighted by molar-refractivity contribution is -0.137. The summed E-state index contributed by atoms with van der Waals surface area (Å²) in [5, 5.41) is 8.71. The quantitative estimate of drug-likeness (QED) is 0.804. The van der Waals surface area contributed by atoms with Crippen molar-refractivity contribution in [3.8, 4) is 6.07 Å². The maximum Gasteiger partial charge on any atom is 0.416 e. The summed E-state index contributed by atoms with van der Waals surface area (Å²) in [7, 11) is 0. The molecule has 2 fully saturated rings. The first-order valence-corrected chi connectivity index (χ1v) is 9.82. The molecule has 1 saturated carbocycles. The molecule has 2 atom stereocenters. The highest BCUT2D eigenvalue weighted by Gasteiger charge is 2.32. The number of nitrogens with zero attached hydrogens (tertiary/aromatic N) is 2. The predicted octanol–water partition coefficient (Wildman–Crippen LogP) is 4.46. The van der Waals surface area contributed by atoms with Crippen molar-refractivity contribution >= 4 is 5.91 Å². The molecular formula is C21H28F3N3O. The highest BCUT2D eigenvalue weighted by molar-refractivity contribution is 5.79. The zero-order valence-electron chi connectivity index (χ0n) is 16.2. The number of nitriles is 1. The van der Waals surface area contributed by atoms with Crippen molar-refractivity contribution in [3.05, 3.63) is 35.4 Å². The molecule has 1 saturated heterocycles. The molecule has 0 radical (unpaired) electrons. The lowest BCUT2D eigenvalue weighted by Gasteiger charge is -2.22. The Hall–Kier alpha value is -2.07. The minimum atomic E-state index is -4.22. The van der Waals surface area contributed by atoms with E-state index in [4.69, 9.17) is 11.0 Å². The van der Waals surface area contributed by atoms with Crippen LogP contribution in [0.1, 0.15) is 62.5 Å². The number of likely N-dealkylation sites (tertiary alicyclic amines) is 1. The molecule has 1 amide bonds. The van der Waals surface area contributed by atoms with Gasteiger partial charge in [0.15, 0.2) is 0 Å². The van der Waals surface area contributed by atoms with Gasteiger partial charge in [-0.3, -0.25) is 4.79 Å². The number of halogens is 3. The molecule has 1 aromatic carbocycles. The van der Waals surface area contributed by atoms with E-state index >= 15 is 0 Å². The van der Waals surface area contributed by atoms with Crippen LogP contribution >= 0.6 is 0 Å². The Bertz CT molecular complexity index is 676. The molecule has 1 aliphatic carbocycles. The Morgan fingerprint density at radius 3 is 2.32 bits per heavy atom. The molecule has 28 heavy (non-hydrogen) atoms. The Balaban J connectivity index is 0.000000209. The predicted molar refractivity (Wildman–Crippen MR) is 101 cm³/mol. The van der Waals surface area contributed by atoms with Gasteiger partial charge in [0.05, 0.1) is 18.2 Å². The minimum absolute atomic E-state index is 0.00486. The van der Waals surface area contributed by atoms with Gasteiger partial charge in [-0.2, -0.15) is 18.4 Å². The van der Waals surface area contributed by atoms with Crippen LogP contribution in [0.3, 0.4) is 0 Å². The van der Waals surface area contributed by atoms with Gasteiger partial charge in [-0.25, -0.2) is 0 Å². The van der Waals surface area contributed by atoms with Gasteiger partial charge < -0.3 is 10.6 Å². The van der Waals surface area contributed by atoms with Gasteiger partial charge in [0.1, 0.15) is 6.04 Å². The van der Waals surface area contributed by atoms with Crippen LogP contribution in [-0.4, -0.2) is 29.9 Å². The second kappa shape index (κ2) is 9.92. The maximum atomic E-state index is 12.4. The highest BCUT2D eigenvalue weighted by atomic mass is 19.4. The van der Waals surface area contributed by atoms with E-state index in [-0.39, 0.29) is 18.5 Å². The second-order valence-electron chi connectivity index (χ2n) is 7.69. The van der Waals surface area contributed by atoms with Crippen LogP contribution in [0, 0.1) is 17.2 Å². The number of carbonyl (C=O) groups excluding carboxylic acids is 1. The van der Waals surface area contributed by atoms with Crippen LogP contribution in [0.2, 0.25) is 0 Å². The molecule has 1 aromatic rings. The van der Waals surface area contributed by atoms with Gasteiger partial charge in [-0.1, -0.05) is 38.3 Å². The molecule has 0 spiro atoms. The minimum Gasteiger partial charge on any atom is -0.325 e. The number of carbonyl (C=O) groups is 1. The molecule has 0 aromatic heterocycles. The summed E-state index contributed by atoms with van der Waals surface area (Å²) < 4.78 is 37.1.